The molecule has 0 atom stereocenters. The molecule has 1 aliphatic heterocycles. The van der Waals surface area contributed by atoms with E-state index < -0.39 is 17.8 Å². The van der Waals surface area contributed by atoms with Gasteiger partial charge in [0.05, 0.1) is 34.8 Å². The van der Waals surface area contributed by atoms with Crippen LogP contribution in [0.3, 0.4) is 0 Å². The molecule has 1 N–H and O–H groups in total. The first-order chi connectivity index (χ1) is 20.9. The van der Waals surface area contributed by atoms with Crippen molar-refractivity contribution < 1.29 is 19.1 Å². The molecule has 0 saturated heterocycles. The molecule has 43 heavy (non-hydrogen) atoms. The third-order valence-corrected chi connectivity index (χ3v) is 7.14. The number of imide groups is 1. The molecule has 0 spiro atoms. The smallest absolute Gasteiger partial charge is 0.338 e. The summed E-state index contributed by atoms with van der Waals surface area (Å²) < 4.78 is 6.84. The number of rotatable bonds is 7. The normalized spacial score (nSPS) is 13.6. The van der Waals surface area contributed by atoms with Crippen LogP contribution in [0, 0.1) is 6.92 Å². The van der Waals surface area contributed by atoms with E-state index in [1.54, 1.807) is 66.3 Å². The van der Waals surface area contributed by atoms with Gasteiger partial charge in [0.15, 0.2) is 0 Å². The second-order valence-electron chi connectivity index (χ2n) is 9.99. The van der Waals surface area contributed by atoms with E-state index in [2.05, 4.69) is 5.32 Å². The Bertz CT molecular complexity index is 1860. The second kappa shape index (κ2) is 11.6. The number of hydrogen-bond donors (Lipinski definition) is 1. The molecule has 1 aromatic heterocycles. The summed E-state index contributed by atoms with van der Waals surface area (Å²) in [6.45, 7) is 4.01. The standard InChI is InChI=1S/C35H28N4O4/c1-3-43-35(42)25-17-19-26(20-18-25)38-33(40)29-12-8-7-11-28(29)30(34(38)41)22-36-32-21-31(24-15-13-23(2)14-16-24)37-39(32)27-9-5-4-6-10-27/h4-22,36H,3H2,1-2H3/b30-22+. The van der Waals surface area contributed by atoms with Crippen molar-refractivity contribution in [2.24, 2.45) is 0 Å². The number of benzene rings is 4. The zero-order chi connectivity index (χ0) is 29.9. The monoisotopic (exact) mass is 568 g/mol. The first-order valence-electron chi connectivity index (χ1n) is 13.9. The van der Waals surface area contributed by atoms with Crippen LogP contribution in [0.4, 0.5) is 11.5 Å². The molecule has 212 valence electrons. The number of anilines is 2. The van der Waals surface area contributed by atoms with Gasteiger partial charge in [-0.25, -0.2) is 14.4 Å². The lowest BCUT2D eigenvalue weighted by atomic mass is 9.93. The summed E-state index contributed by atoms with van der Waals surface area (Å²) in [5.41, 5.74) is 5.61. The fourth-order valence-corrected chi connectivity index (χ4v) is 4.95. The maximum Gasteiger partial charge on any atom is 0.338 e. The third-order valence-electron chi connectivity index (χ3n) is 7.14. The molecule has 0 saturated carbocycles. The molecule has 2 heterocycles. The minimum absolute atomic E-state index is 0.247. The topological polar surface area (TPSA) is 93.5 Å². The lowest BCUT2D eigenvalue weighted by Crippen LogP contribution is -2.42. The largest absolute Gasteiger partial charge is 0.462 e. The molecule has 0 fully saturated rings. The van der Waals surface area contributed by atoms with Crippen molar-refractivity contribution in [3.05, 3.63) is 138 Å². The molecule has 0 aliphatic carbocycles. The van der Waals surface area contributed by atoms with Crippen molar-refractivity contribution in [2.45, 2.75) is 13.8 Å². The average molecular weight is 569 g/mol. The first-order valence-corrected chi connectivity index (χ1v) is 13.9. The Morgan fingerprint density at radius 1 is 0.814 bits per heavy atom. The number of aromatic nitrogens is 2. The number of nitrogens with one attached hydrogen (secondary N) is 1. The van der Waals surface area contributed by atoms with Crippen LogP contribution in [0.1, 0.15) is 38.8 Å². The Morgan fingerprint density at radius 2 is 1.49 bits per heavy atom. The first kappa shape index (κ1) is 27.4. The predicted octanol–water partition coefficient (Wildman–Crippen LogP) is 6.66. The number of fused-ring (bicyclic) bond motifs is 1. The minimum atomic E-state index is -0.496. The van der Waals surface area contributed by atoms with Crippen LogP contribution in [0.5, 0.6) is 0 Å². The molecular formula is C35H28N4O4. The van der Waals surface area contributed by atoms with Crippen molar-refractivity contribution in [3.8, 4) is 16.9 Å². The minimum Gasteiger partial charge on any atom is -0.462 e. The van der Waals surface area contributed by atoms with Crippen LogP contribution in [-0.2, 0) is 9.53 Å². The van der Waals surface area contributed by atoms with E-state index in [-0.39, 0.29) is 6.61 Å². The van der Waals surface area contributed by atoms with Crippen molar-refractivity contribution in [1.29, 1.82) is 0 Å². The highest BCUT2D eigenvalue weighted by Gasteiger charge is 2.36. The molecule has 5 aromatic rings. The maximum atomic E-state index is 13.9. The van der Waals surface area contributed by atoms with Gasteiger partial charge in [-0.1, -0.05) is 66.2 Å². The molecule has 4 aromatic carbocycles. The van der Waals surface area contributed by atoms with Gasteiger partial charge in [0.1, 0.15) is 5.82 Å². The van der Waals surface area contributed by atoms with E-state index in [1.165, 1.54) is 0 Å². The van der Waals surface area contributed by atoms with Crippen LogP contribution in [0.2, 0.25) is 0 Å². The number of nitrogens with zero attached hydrogens (tertiary/aromatic N) is 3. The number of para-hydroxylation sites is 1. The van der Waals surface area contributed by atoms with Crippen LogP contribution in [-0.4, -0.2) is 34.2 Å². The highest BCUT2D eigenvalue weighted by Crippen LogP contribution is 2.33. The molecular weight excluding hydrogens is 540 g/mol. The average Bonchev–Trinajstić information content (AvgIpc) is 3.46. The quantitative estimate of drug-likeness (QED) is 0.134. The molecule has 8 nitrogen and oxygen atoms in total. The lowest BCUT2D eigenvalue weighted by molar-refractivity contribution is -0.112. The fraction of sp³-hybridized carbons (Fsp3) is 0.0857. The van der Waals surface area contributed by atoms with E-state index in [0.717, 1.165) is 27.4 Å². The van der Waals surface area contributed by atoms with Crippen molar-refractivity contribution in [2.75, 3.05) is 16.8 Å². The van der Waals surface area contributed by atoms with E-state index >= 15 is 0 Å². The summed E-state index contributed by atoms with van der Waals surface area (Å²) in [5.74, 6) is -0.774. The van der Waals surface area contributed by atoms with Gasteiger partial charge in [0, 0.05) is 29.0 Å². The van der Waals surface area contributed by atoms with Gasteiger partial charge < -0.3 is 10.1 Å². The van der Waals surface area contributed by atoms with Crippen LogP contribution in [0.15, 0.2) is 115 Å². The summed E-state index contributed by atoms with van der Waals surface area (Å²) in [4.78, 5) is 40.7. The number of carbonyl (C=O) groups is 3. The number of aryl methyl sites for hydroxylation is 1. The predicted molar refractivity (Wildman–Crippen MR) is 166 cm³/mol. The summed E-state index contributed by atoms with van der Waals surface area (Å²) in [6.07, 6.45) is 1.61. The highest BCUT2D eigenvalue weighted by molar-refractivity contribution is 6.41. The van der Waals surface area contributed by atoms with Gasteiger partial charge in [-0.2, -0.15) is 5.10 Å². The zero-order valence-electron chi connectivity index (χ0n) is 23.7. The molecule has 2 amide bonds. The van der Waals surface area contributed by atoms with Gasteiger partial charge >= 0.3 is 5.97 Å². The van der Waals surface area contributed by atoms with Crippen LogP contribution < -0.4 is 10.2 Å². The summed E-state index contributed by atoms with van der Waals surface area (Å²) in [7, 11) is 0. The second-order valence-corrected chi connectivity index (χ2v) is 9.99. The molecule has 0 radical (unpaired) electrons. The van der Waals surface area contributed by atoms with Crippen molar-refractivity contribution in [3.63, 3.8) is 0 Å². The molecule has 6 rings (SSSR count). The Hall–Kier alpha value is -5.76. The van der Waals surface area contributed by atoms with Crippen LogP contribution in [0.25, 0.3) is 22.5 Å². The van der Waals surface area contributed by atoms with Crippen LogP contribution >= 0.6 is 0 Å². The van der Waals surface area contributed by atoms with Crippen molar-refractivity contribution in [1.82, 2.24) is 9.78 Å². The van der Waals surface area contributed by atoms with Gasteiger partial charge in [-0.05, 0) is 56.3 Å². The summed E-state index contributed by atoms with van der Waals surface area (Å²) >= 11 is 0. The lowest BCUT2D eigenvalue weighted by Gasteiger charge is -2.28. The Kier molecular flexibility index (Phi) is 7.41. The van der Waals surface area contributed by atoms with Gasteiger partial charge in [0.25, 0.3) is 11.8 Å². The highest BCUT2D eigenvalue weighted by atomic mass is 16.5. The Balaban J connectivity index is 1.40. The summed E-state index contributed by atoms with van der Waals surface area (Å²) in [5, 5.41) is 8.15. The number of ether oxygens (including phenoxy) is 1. The van der Waals surface area contributed by atoms with E-state index in [1.807, 2.05) is 67.6 Å². The molecule has 0 bridgehead atoms. The molecule has 8 heteroatoms. The SMILES string of the molecule is CCOC(=O)c1ccc(N2C(=O)/C(=C/Nc3cc(-c4ccc(C)cc4)nn3-c3ccccc3)c3ccccc3C2=O)cc1. The number of carbonyl (C=O) groups excluding carboxylic acids is 3. The number of hydrogen-bond acceptors (Lipinski definition) is 6. The molecule has 1 aliphatic rings. The van der Waals surface area contributed by atoms with E-state index in [4.69, 9.17) is 9.84 Å². The Labute approximate surface area is 248 Å². The fourth-order valence-electron chi connectivity index (χ4n) is 4.95. The Morgan fingerprint density at radius 3 is 2.19 bits per heavy atom. The van der Waals surface area contributed by atoms with Gasteiger partial charge in [-0.15, -0.1) is 0 Å². The summed E-state index contributed by atoms with van der Waals surface area (Å²) in [6, 6.07) is 33.0. The van der Waals surface area contributed by atoms with E-state index in [0.29, 0.717) is 33.8 Å². The van der Waals surface area contributed by atoms with E-state index in [9.17, 15) is 14.4 Å². The molecule has 0 unspecified atom stereocenters. The van der Waals surface area contributed by atoms with Gasteiger partial charge in [-0.3, -0.25) is 9.59 Å². The number of amides is 2. The number of esters is 1. The van der Waals surface area contributed by atoms with Crippen molar-refractivity contribution >= 4 is 34.9 Å². The third kappa shape index (κ3) is 5.34. The van der Waals surface area contributed by atoms with Gasteiger partial charge in [0.2, 0.25) is 0 Å². The zero-order valence-corrected chi connectivity index (χ0v) is 23.7. The maximum absolute atomic E-state index is 13.9.